The van der Waals surface area contributed by atoms with Gasteiger partial charge in [0.1, 0.15) is 6.33 Å². The van der Waals surface area contributed by atoms with Crippen LogP contribution in [0.3, 0.4) is 0 Å². The van der Waals surface area contributed by atoms with Crippen molar-refractivity contribution < 1.29 is 5.21 Å². The van der Waals surface area contributed by atoms with E-state index in [1.54, 1.807) is 23.2 Å². The number of hydrogen-bond acceptors (Lipinski definition) is 4. The Morgan fingerprint density at radius 2 is 2.17 bits per heavy atom. The van der Waals surface area contributed by atoms with Crippen LogP contribution in [0.25, 0.3) is 5.82 Å². The van der Waals surface area contributed by atoms with E-state index in [0.717, 1.165) is 11.4 Å². The van der Waals surface area contributed by atoms with Gasteiger partial charge in [-0.05, 0) is 19.9 Å². The molecule has 0 amide bonds. The molecule has 0 aliphatic heterocycles. The van der Waals surface area contributed by atoms with E-state index < -0.39 is 0 Å². The minimum Gasteiger partial charge on any atom is -0.409 e. The zero-order valence-corrected chi connectivity index (χ0v) is 10.7. The number of imidazole rings is 1. The highest BCUT2D eigenvalue weighted by atomic mass is 35.5. The molecule has 7 heteroatoms. The minimum atomic E-state index is -0.0573. The van der Waals surface area contributed by atoms with Crippen molar-refractivity contribution in [2.45, 2.75) is 13.8 Å². The number of amidine groups is 1. The summed E-state index contributed by atoms with van der Waals surface area (Å²) in [6.45, 7) is 3.81. The number of nitrogens with zero attached hydrogens (tertiary/aromatic N) is 4. The summed E-state index contributed by atoms with van der Waals surface area (Å²) < 4.78 is 1.76. The molecule has 18 heavy (non-hydrogen) atoms. The summed E-state index contributed by atoms with van der Waals surface area (Å²) in [5, 5.41) is 12.0. The third kappa shape index (κ3) is 1.91. The van der Waals surface area contributed by atoms with E-state index in [2.05, 4.69) is 15.1 Å². The summed E-state index contributed by atoms with van der Waals surface area (Å²) in [4.78, 5) is 8.38. The molecule has 0 atom stereocenters. The van der Waals surface area contributed by atoms with E-state index in [4.69, 9.17) is 22.5 Å². The van der Waals surface area contributed by atoms with Gasteiger partial charge in [0.15, 0.2) is 11.7 Å². The first-order chi connectivity index (χ1) is 8.56. The Hall–Kier alpha value is -2.08. The molecule has 0 spiro atoms. The normalized spacial score (nSPS) is 11.8. The quantitative estimate of drug-likeness (QED) is 0.374. The molecule has 0 radical (unpaired) electrons. The van der Waals surface area contributed by atoms with Crippen molar-refractivity contribution in [3.8, 4) is 5.82 Å². The van der Waals surface area contributed by atoms with Crippen LogP contribution >= 0.6 is 11.6 Å². The van der Waals surface area contributed by atoms with Gasteiger partial charge in [0.05, 0.1) is 10.7 Å². The van der Waals surface area contributed by atoms with E-state index in [9.17, 15) is 0 Å². The second-order valence-electron chi connectivity index (χ2n) is 3.77. The topological polar surface area (TPSA) is 89.3 Å². The van der Waals surface area contributed by atoms with Gasteiger partial charge in [-0.3, -0.25) is 4.57 Å². The number of pyridine rings is 1. The Labute approximate surface area is 109 Å². The fourth-order valence-electron chi connectivity index (χ4n) is 1.56. The van der Waals surface area contributed by atoms with Crippen LogP contribution in [0.4, 0.5) is 0 Å². The highest BCUT2D eigenvalue weighted by Crippen LogP contribution is 2.24. The molecular weight excluding hydrogens is 254 g/mol. The number of hydrogen-bond donors (Lipinski definition) is 2. The van der Waals surface area contributed by atoms with Crippen molar-refractivity contribution >= 4 is 17.4 Å². The monoisotopic (exact) mass is 265 g/mol. The van der Waals surface area contributed by atoms with Gasteiger partial charge >= 0.3 is 0 Å². The van der Waals surface area contributed by atoms with E-state index in [1.165, 1.54) is 0 Å². The van der Waals surface area contributed by atoms with E-state index in [0.29, 0.717) is 16.4 Å². The zero-order valence-electron chi connectivity index (χ0n) is 9.92. The molecular formula is C11H12ClN5O. The smallest absolute Gasteiger partial charge is 0.171 e. The van der Waals surface area contributed by atoms with Gasteiger partial charge in [-0.1, -0.05) is 16.8 Å². The maximum absolute atomic E-state index is 8.70. The number of oxime groups is 1. The first kappa shape index (κ1) is 12.4. The predicted octanol–water partition coefficient (Wildman–Crippen LogP) is 1.63. The highest BCUT2D eigenvalue weighted by molar-refractivity contribution is 6.35. The van der Waals surface area contributed by atoms with E-state index in [-0.39, 0.29) is 5.84 Å². The van der Waals surface area contributed by atoms with Gasteiger partial charge in [0, 0.05) is 17.5 Å². The summed E-state index contributed by atoms with van der Waals surface area (Å²) in [5.41, 5.74) is 7.80. The number of halogens is 1. The fraction of sp³-hybridized carbons (Fsp3) is 0.182. The fourth-order valence-corrected chi connectivity index (χ4v) is 1.86. The Bertz CT molecular complexity index is 620. The molecule has 0 unspecified atom stereocenters. The lowest BCUT2D eigenvalue weighted by molar-refractivity contribution is 0.318. The van der Waals surface area contributed by atoms with Crippen LogP contribution in [-0.4, -0.2) is 25.6 Å². The van der Waals surface area contributed by atoms with Crippen molar-refractivity contribution in [1.82, 2.24) is 14.5 Å². The third-order valence-electron chi connectivity index (χ3n) is 2.73. The first-order valence-corrected chi connectivity index (χ1v) is 5.57. The molecule has 0 aromatic carbocycles. The van der Waals surface area contributed by atoms with Crippen molar-refractivity contribution in [3.63, 3.8) is 0 Å². The average Bonchev–Trinajstić information content (AvgIpc) is 2.70. The van der Waals surface area contributed by atoms with Gasteiger partial charge < -0.3 is 10.9 Å². The standard InChI is InChI=1S/C11H12ClN5O/c1-6-7(2)17(5-15-6)11-9(12)8(3-4-14-11)10(13)16-18/h3-5,18H,1-2H3,(H2,13,16). The zero-order chi connectivity index (χ0) is 13.3. The summed E-state index contributed by atoms with van der Waals surface area (Å²) in [6, 6.07) is 1.58. The molecule has 2 rings (SSSR count). The van der Waals surface area contributed by atoms with Gasteiger partial charge in [-0.2, -0.15) is 0 Å². The summed E-state index contributed by atoms with van der Waals surface area (Å²) in [7, 11) is 0. The van der Waals surface area contributed by atoms with Crippen LogP contribution in [0.1, 0.15) is 17.0 Å². The molecule has 3 N–H and O–H groups in total. The number of rotatable bonds is 2. The summed E-state index contributed by atoms with van der Waals surface area (Å²) >= 11 is 6.22. The van der Waals surface area contributed by atoms with Crippen molar-refractivity contribution in [1.29, 1.82) is 0 Å². The summed E-state index contributed by atoms with van der Waals surface area (Å²) in [6.07, 6.45) is 3.18. The van der Waals surface area contributed by atoms with Gasteiger partial charge in [-0.25, -0.2) is 9.97 Å². The van der Waals surface area contributed by atoms with Gasteiger partial charge in [0.25, 0.3) is 0 Å². The SMILES string of the molecule is Cc1ncn(-c2nccc(/C(N)=N/O)c2Cl)c1C. The van der Waals surface area contributed by atoms with Crippen LogP contribution < -0.4 is 5.73 Å². The summed E-state index contributed by atoms with van der Waals surface area (Å²) in [5.74, 6) is 0.442. The molecule has 94 valence electrons. The predicted molar refractivity (Wildman–Crippen MR) is 68.4 cm³/mol. The van der Waals surface area contributed by atoms with Gasteiger partial charge in [0.2, 0.25) is 0 Å². The molecule has 2 aromatic rings. The van der Waals surface area contributed by atoms with Gasteiger partial charge in [-0.15, -0.1) is 0 Å². The van der Waals surface area contributed by atoms with Crippen molar-refractivity contribution in [3.05, 3.63) is 40.6 Å². The minimum absolute atomic E-state index is 0.0573. The molecule has 0 fully saturated rings. The molecule has 0 aliphatic carbocycles. The van der Waals surface area contributed by atoms with Crippen LogP contribution in [0.15, 0.2) is 23.7 Å². The lowest BCUT2D eigenvalue weighted by Gasteiger charge is -2.09. The Morgan fingerprint density at radius 3 is 2.72 bits per heavy atom. The number of aromatic nitrogens is 3. The second-order valence-corrected chi connectivity index (χ2v) is 4.14. The maximum Gasteiger partial charge on any atom is 0.171 e. The third-order valence-corrected chi connectivity index (χ3v) is 3.11. The van der Waals surface area contributed by atoms with E-state index in [1.807, 2.05) is 13.8 Å². The Morgan fingerprint density at radius 1 is 1.44 bits per heavy atom. The van der Waals surface area contributed by atoms with Crippen molar-refractivity contribution in [2.24, 2.45) is 10.9 Å². The van der Waals surface area contributed by atoms with Crippen molar-refractivity contribution in [2.75, 3.05) is 0 Å². The lowest BCUT2D eigenvalue weighted by Crippen LogP contribution is -2.15. The van der Waals surface area contributed by atoms with E-state index >= 15 is 0 Å². The molecule has 0 aliphatic rings. The lowest BCUT2D eigenvalue weighted by atomic mass is 10.2. The van der Waals surface area contributed by atoms with Crippen LogP contribution in [-0.2, 0) is 0 Å². The number of aryl methyl sites for hydroxylation is 1. The molecule has 6 nitrogen and oxygen atoms in total. The molecule has 2 aromatic heterocycles. The van der Waals surface area contributed by atoms with Crippen LogP contribution in [0.2, 0.25) is 5.02 Å². The Kier molecular flexibility index (Phi) is 3.20. The first-order valence-electron chi connectivity index (χ1n) is 5.19. The average molecular weight is 266 g/mol. The molecule has 0 saturated heterocycles. The number of nitrogens with two attached hydrogens (primary N) is 1. The molecule has 2 heterocycles. The van der Waals surface area contributed by atoms with Crippen LogP contribution in [0.5, 0.6) is 0 Å². The highest BCUT2D eigenvalue weighted by Gasteiger charge is 2.14. The van der Waals surface area contributed by atoms with Crippen LogP contribution in [0, 0.1) is 13.8 Å². The molecule has 0 saturated carbocycles. The molecule has 0 bridgehead atoms. The Balaban J connectivity index is 2.63. The maximum atomic E-state index is 8.70. The second kappa shape index (κ2) is 4.66. The largest absolute Gasteiger partial charge is 0.409 e.